The summed E-state index contributed by atoms with van der Waals surface area (Å²) in [6.45, 7) is 6.09. The Hall–Kier alpha value is -0.0800. The molecular formula is C11H18NO. The van der Waals surface area contributed by atoms with Gasteiger partial charge in [-0.2, -0.15) is 0 Å². The lowest BCUT2D eigenvalue weighted by Crippen LogP contribution is -2.47. The first-order valence-electron chi connectivity index (χ1n) is 4.58. The third kappa shape index (κ3) is 2.68. The lowest BCUT2D eigenvalue weighted by Gasteiger charge is -2.33. The van der Waals surface area contributed by atoms with E-state index in [0.717, 1.165) is 5.92 Å². The minimum Gasteiger partial charge on any atom is -0.391 e. The molecule has 0 saturated heterocycles. The molecule has 3 N–H and O–H groups in total. The second kappa shape index (κ2) is 3.97. The van der Waals surface area contributed by atoms with Gasteiger partial charge in [0, 0.05) is 12.0 Å². The molecule has 13 heavy (non-hydrogen) atoms. The monoisotopic (exact) mass is 180 g/mol. The average molecular weight is 180 g/mol. The third-order valence-electron chi connectivity index (χ3n) is 2.37. The maximum Gasteiger partial charge on any atom is 0.0764 e. The number of hydrogen-bond acceptors (Lipinski definition) is 2. The summed E-state index contributed by atoms with van der Waals surface area (Å²) in [6, 6.07) is -0.227. The van der Waals surface area contributed by atoms with Crippen LogP contribution in [0, 0.1) is 37.0 Å². The first-order chi connectivity index (χ1) is 5.93. The Morgan fingerprint density at radius 3 is 2.08 bits per heavy atom. The number of aliphatic hydroxyl groups excluding tert-OH is 1. The summed E-state index contributed by atoms with van der Waals surface area (Å²) >= 11 is 0. The maximum absolute atomic E-state index is 9.89. The van der Waals surface area contributed by atoms with Gasteiger partial charge in [-0.25, -0.2) is 0 Å². The van der Waals surface area contributed by atoms with Crippen molar-refractivity contribution in [3.05, 3.63) is 31.6 Å². The van der Waals surface area contributed by atoms with Crippen molar-refractivity contribution in [3.63, 3.8) is 0 Å². The van der Waals surface area contributed by atoms with Gasteiger partial charge in [0.1, 0.15) is 0 Å². The van der Waals surface area contributed by atoms with Crippen LogP contribution in [0.25, 0.3) is 0 Å². The largest absolute Gasteiger partial charge is 0.391 e. The van der Waals surface area contributed by atoms with Crippen molar-refractivity contribution in [2.24, 2.45) is 11.1 Å². The van der Waals surface area contributed by atoms with Crippen LogP contribution in [0.2, 0.25) is 0 Å². The predicted molar refractivity (Wildman–Crippen MR) is 53.9 cm³/mol. The molecule has 1 aliphatic carbocycles. The molecule has 1 aliphatic rings. The van der Waals surface area contributed by atoms with Gasteiger partial charge in [0.05, 0.1) is 6.10 Å². The molecule has 1 saturated carbocycles. The van der Waals surface area contributed by atoms with Gasteiger partial charge in [-0.1, -0.05) is 20.8 Å². The highest BCUT2D eigenvalue weighted by Crippen LogP contribution is 2.32. The molecule has 0 amide bonds. The summed E-state index contributed by atoms with van der Waals surface area (Å²) in [5.41, 5.74) is 5.86. The summed E-state index contributed by atoms with van der Waals surface area (Å²) < 4.78 is 0. The van der Waals surface area contributed by atoms with E-state index < -0.39 is 6.10 Å². The smallest absolute Gasteiger partial charge is 0.0764 e. The van der Waals surface area contributed by atoms with Crippen molar-refractivity contribution in [3.8, 4) is 0 Å². The molecule has 0 unspecified atom stereocenters. The molecule has 0 aliphatic heterocycles. The van der Waals surface area contributed by atoms with Crippen molar-refractivity contribution in [1.82, 2.24) is 0 Å². The Morgan fingerprint density at radius 2 is 1.69 bits per heavy atom. The molecule has 73 valence electrons. The zero-order valence-electron chi connectivity index (χ0n) is 8.49. The molecule has 0 aromatic carbocycles. The number of aliphatic hydroxyl groups is 1. The summed E-state index contributed by atoms with van der Waals surface area (Å²) in [4.78, 5) is 0. The van der Waals surface area contributed by atoms with Gasteiger partial charge in [0.2, 0.25) is 0 Å². The van der Waals surface area contributed by atoms with Crippen molar-refractivity contribution in [2.45, 2.75) is 32.9 Å². The fourth-order valence-corrected chi connectivity index (χ4v) is 1.27. The standard InChI is InChI=1S/C11H18NO/c1-11(2,3)10(12)9(13)8-6-4-5-7-8/h4-7,9-10,13H,12H2,1-3H3/t9-,10-/m1/s1. The molecule has 0 bridgehead atoms. The van der Waals surface area contributed by atoms with Gasteiger partial charge in [-0.15, -0.1) is 0 Å². The van der Waals surface area contributed by atoms with Crippen molar-refractivity contribution < 1.29 is 5.11 Å². The summed E-state index contributed by atoms with van der Waals surface area (Å²) in [5, 5.41) is 9.89. The van der Waals surface area contributed by atoms with Gasteiger partial charge in [-0.3, -0.25) is 0 Å². The Kier molecular flexibility index (Phi) is 3.36. The van der Waals surface area contributed by atoms with Gasteiger partial charge < -0.3 is 10.8 Å². The molecule has 0 aromatic rings. The van der Waals surface area contributed by atoms with E-state index in [1.165, 1.54) is 0 Å². The first kappa shape index (κ1) is 11.0. The Morgan fingerprint density at radius 1 is 1.23 bits per heavy atom. The van der Waals surface area contributed by atoms with Gasteiger partial charge in [0.15, 0.2) is 0 Å². The second-order valence-corrected chi connectivity index (χ2v) is 4.55. The van der Waals surface area contributed by atoms with Crippen molar-refractivity contribution in [1.29, 1.82) is 0 Å². The predicted octanol–water partition coefficient (Wildman–Crippen LogP) is 1.13. The van der Waals surface area contributed by atoms with Crippen molar-refractivity contribution in [2.75, 3.05) is 0 Å². The SMILES string of the molecule is CC(C)(C)[C@H](N)[C@H](O)[C]1[CH][CH][CH][CH]1. The van der Waals surface area contributed by atoms with Crippen LogP contribution in [0.1, 0.15) is 20.8 Å². The summed E-state index contributed by atoms with van der Waals surface area (Å²) in [5.74, 6) is 0.905. The lowest BCUT2D eigenvalue weighted by atomic mass is 9.79. The summed E-state index contributed by atoms with van der Waals surface area (Å²) in [6.07, 6.45) is 7.06. The molecule has 0 spiro atoms. The fourth-order valence-electron chi connectivity index (χ4n) is 1.27. The number of nitrogens with two attached hydrogens (primary N) is 1. The van der Waals surface area contributed by atoms with Crippen LogP contribution in [-0.4, -0.2) is 17.3 Å². The minimum atomic E-state index is -0.560. The van der Waals surface area contributed by atoms with Crippen LogP contribution in [0.15, 0.2) is 0 Å². The quantitative estimate of drug-likeness (QED) is 0.669. The Bertz CT molecular complexity index is 156. The van der Waals surface area contributed by atoms with Crippen molar-refractivity contribution >= 4 is 0 Å². The lowest BCUT2D eigenvalue weighted by molar-refractivity contribution is 0.109. The van der Waals surface area contributed by atoms with Gasteiger partial charge in [0.25, 0.3) is 0 Å². The topological polar surface area (TPSA) is 46.2 Å². The first-order valence-corrected chi connectivity index (χ1v) is 4.58. The van der Waals surface area contributed by atoms with Crippen LogP contribution in [0.4, 0.5) is 0 Å². The highest BCUT2D eigenvalue weighted by Gasteiger charge is 2.34. The molecule has 5 radical (unpaired) electrons. The third-order valence-corrected chi connectivity index (χ3v) is 2.37. The van der Waals surface area contributed by atoms with Crippen LogP contribution in [0.3, 0.4) is 0 Å². The fraction of sp³-hybridized carbons (Fsp3) is 0.545. The van der Waals surface area contributed by atoms with E-state index in [9.17, 15) is 5.11 Å². The van der Waals surface area contributed by atoms with Crippen LogP contribution in [0.5, 0.6) is 0 Å². The molecular weight excluding hydrogens is 162 g/mol. The van der Waals surface area contributed by atoms with Gasteiger partial charge in [-0.05, 0) is 31.1 Å². The molecule has 2 heteroatoms. The molecule has 0 heterocycles. The number of rotatable bonds is 2. The zero-order chi connectivity index (χ0) is 10.1. The van der Waals surface area contributed by atoms with E-state index in [2.05, 4.69) is 0 Å². The maximum atomic E-state index is 9.89. The Balaban J connectivity index is 2.50. The van der Waals surface area contributed by atoms with E-state index in [4.69, 9.17) is 5.73 Å². The van der Waals surface area contributed by atoms with E-state index in [-0.39, 0.29) is 11.5 Å². The molecule has 2 atom stereocenters. The molecule has 0 aromatic heterocycles. The van der Waals surface area contributed by atoms with E-state index in [1.54, 1.807) is 0 Å². The van der Waals surface area contributed by atoms with Crippen LogP contribution in [-0.2, 0) is 0 Å². The minimum absolute atomic E-state index is 0.0727. The van der Waals surface area contributed by atoms with Crippen LogP contribution >= 0.6 is 0 Å². The van der Waals surface area contributed by atoms with E-state index in [1.807, 2.05) is 46.5 Å². The highest BCUT2D eigenvalue weighted by molar-refractivity contribution is 5.38. The average Bonchev–Trinajstić information content (AvgIpc) is 2.51. The second-order valence-electron chi connectivity index (χ2n) is 4.55. The normalized spacial score (nSPS) is 24.7. The number of hydrogen-bond donors (Lipinski definition) is 2. The summed E-state index contributed by atoms with van der Waals surface area (Å²) in [7, 11) is 0. The highest BCUT2D eigenvalue weighted by atomic mass is 16.3. The zero-order valence-corrected chi connectivity index (χ0v) is 8.49. The Labute approximate surface area is 81.5 Å². The van der Waals surface area contributed by atoms with Crippen LogP contribution < -0.4 is 5.73 Å². The van der Waals surface area contributed by atoms with Gasteiger partial charge >= 0.3 is 0 Å². The molecule has 1 fully saturated rings. The van der Waals surface area contributed by atoms with E-state index in [0.29, 0.717) is 0 Å². The van der Waals surface area contributed by atoms with E-state index >= 15 is 0 Å². The molecule has 1 rings (SSSR count). The molecule has 2 nitrogen and oxygen atoms in total.